The quantitative estimate of drug-likeness (QED) is 0.718. The number of carbonyl (C=O) groups is 2. The number of methoxy groups -OCH3 is 1. The Kier molecular flexibility index (Phi) is 7.12. The maximum atomic E-state index is 13.8. The molecule has 2 aromatic carbocycles. The summed E-state index contributed by atoms with van der Waals surface area (Å²) in [6.45, 7) is 0.839. The fraction of sp³-hybridized carbons (Fsp3) is 0.263. The third-order valence-electron chi connectivity index (χ3n) is 3.87. The average molecular weight is 380 g/mol. The Balaban J connectivity index is 1.84. The lowest BCUT2D eigenvalue weighted by Gasteiger charge is -2.15. The standard InChI is InChI=1S/C19H20ClFN2O3/c1-23(11-15-16(20)4-3-5-17(15)21)12-18(24)22-10-13-6-8-14(9-7-13)19(25)26-2/h3-9H,10-12H2,1-2H3,(H,22,24)/p+1. The third-order valence-corrected chi connectivity index (χ3v) is 4.22. The van der Waals surface area contributed by atoms with Crippen molar-refractivity contribution >= 4 is 23.5 Å². The van der Waals surface area contributed by atoms with Crippen molar-refractivity contribution in [3.8, 4) is 0 Å². The van der Waals surface area contributed by atoms with Gasteiger partial charge in [-0.15, -0.1) is 0 Å². The molecule has 0 fully saturated rings. The molecule has 0 aliphatic rings. The number of amides is 1. The number of quaternary nitrogens is 1. The molecule has 5 nitrogen and oxygen atoms in total. The second-order valence-electron chi connectivity index (χ2n) is 5.98. The van der Waals surface area contributed by atoms with Crippen molar-refractivity contribution in [1.82, 2.24) is 5.32 Å². The van der Waals surface area contributed by atoms with Gasteiger partial charge in [-0.05, 0) is 29.8 Å². The second-order valence-corrected chi connectivity index (χ2v) is 6.38. The number of halogens is 2. The summed E-state index contributed by atoms with van der Waals surface area (Å²) in [6.07, 6.45) is 0. The van der Waals surface area contributed by atoms with Gasteiger partial charge in [0.1, 0.15) is 12.4 Å². The number of ether oxygens (including phenoxy) is 1. The molecule has 0 aromatic heterocycles. The Hall–Kier alpha value is -2.44. The lowest BCUT2D eigenvalue weighted by molar-refractivity contribution is -0.885. The molecular formula is C19H21ClFN2O3+. The van der Waals surface area contributed by atoms with Gasteiger partial charge >= 0.3 is 5.97 Å². The highest BCUT2D eigenvalue weighted by Crippen LogP contribution is 2.17. The first-order chi connectivity index (χ1) is 12.4. The van der Waals surface area contributed by atoms with Crippen LogP contribution in [-0.4, -0.2) is 32.6 Å². The number of esters is 1. The molecular weight excluding hydrogens is 359 g/mol. The van der Waals surface area contributed by atoms with Gasteiger partial charge < -0.3 is 15.0 Å². The molecule has 1 amide bonds. The van der Waals surface area contributed by atoms with Gasteiger partial charge in [-0.2, -0.15) is 0 Å². The van der Waals surface area contributed by atoms with Crippen LogP contribution >= 0.6 is 11.6 Å². The van der Waals surface area contributed by atoms with Crippen molar-refractivity contribution in [2.45, 2.75) is 13.1 Å². The molecule has 0 heterocycles. The first-order valence-corrected chi connectivity index (χ1v) is 8.46. The summed E-state index contributed by atoms with van der Waals surface area (Å²) in [5.74, 6) is -0.937. The van der Waals surface area contributed by atoms with E-state index in [1.54, 1.807) is 43.4 Å². The predicted octanol–water partition coefficient (Wildman–Crippen LogP) is 1.60. The molecule has 1 atom stereocenters. The van der Waals surface area contributed by atoms with Gasteiger partial charge in [0.2, 0.25) is 0 Å². The van der Waals surface area contributed by atoms with Crippen LogP contribution < -0.4 is 10.2 Å². The monoisotopic (exact) mass is 379 g/mol. The molecule has 26 heavy (non-hydrogen) atoms. The van der Waals surface area contributed by atoms with Gasteiger partial charge in [0.15, 0.2) is 6.54 Å². The molecule has 0 spiro atoms. The minimum absolute atomic E-state index is 0.160. The first-order valence-electron chi connectivity index (χ1n) is 8.09. The Morgan fingerprint density at radius 2 is 1.88 bits per heavy atom. The lowest BCUT2D eigenvalue weighted by atomic mass is 10.1. The van der Waals surface area contributed by atoms with Gasteiger partial charge in [0.25, 0.3) is 5.91 Å². The molecule has 0 saturated heterocycles. The zero-order valence-corrected chi connectivity index (χ0v) is 15.4. The molecule has 138 valence electrons. The predicted molar refractivity (Wildman–Crippen MR) is 96.5 cm³/mol. The molecule has 2 N–H and O–H groups in total. The number of benzene rings is 2. The van der Waals surface area contributed by atoms with Crippen LogP contribution in [0.3, 0.4) is 0 Å². The molecule has 0 aliphatic heterocycles. The molecule has 1 unspecified atom stereocenters. The third kappa shape index (κ3) is 5.54. The summed E-state index contributed by atoms with van der Waals surface area (Å²) in [4.78, 5) is 24.3. The molecule has 0 aliphatic carbocycles. The van der Waals surface area contributed by atoms with E-state index in [2.05, 4.69) is 10.1 Å². The number of carbonyl (C=O) groups excluding carboxylic acids is 2. The molecule has 0 saturated carbocycles. The fourth-order valence-corrected chi connectivity index (χ4v) is 2.71. The Bertz CT molecular complexity index is 761. The van der Waals surface area contributed by atoms with Gasteiger partial charge in [-0.25, -0.2) is 9.18 Å². The van der Waals surface area contributed by atoms with Crippen molar-refractivity contribution < 1.29 is 23.6 Å². The highest BCUT2D eigenvalue weighted by Gasteiger charge is 2.15. The number of likely N-dealkylation sites (N-methyl/N-ethyl adjacent to an activating group) is 1. The normalized spacial score (nSPS) is 11.7. The second kappa shape index (κ2) is 9.31. The van der Waals surface area contributed by atoms with E-state index in [-0.39, 0.29) is 18.3 Å². The largest absolute Gasteiger partial charge is 0.465 e. The Morgan fingerprint density at radius 3 is 2.50 bits per heavy atom. The Labute approximate surface area is 156 Å². The molecule has 2 rings (SSSR count). The van der Waals surface area contributed by atoms with Gasteiger partial charge in [0.05, 0.1) is 30.3 Å². The van der Waals surface area contributed by atoms with E-state index < -0.39 is 5.97 Å². The van der Waals surface area contributed by atoms with Crippen molar-refractivity contribution in [3.63, 3.8) is 0 Å². The van der Waals surface area contributed by atoms with E-state index in [0.29, 0.717) is 29.2 Å². The summed E-state index contributed by atoms with van der Waals surface area (Å²) >= 11 is 6.01. The van der Waals surface area contributed by atoms with Gasteiger partial charge in [-0.1, -0.05) is 29.8 Å². The summed E-state index contributed by atoms with van der Waals surface area (Å²) in [6, 6.07) is 11.3. The van der Waals surface area contributed by atoms with Crippen LogP contribution in [0.4, 0.5) is 4.39 Å². The summed E-state index contributed by atoms with van der Waals surface area (Å²) in [5.41, 5.74) is 1.71. The lowest BCUT2D eigenvalue weighted by Crippen LogP contribution is -3.09. The topological polar surface area (TPSA) is 59.8 Å². The van der Waals surface area contributed by atoms with Crippen LogP contribution in [0.25, 0.3) is 0 Å². The number of hydrogen-bond donors (Lipinski definition) is 2. The van der Waals surface area contributed by atoms with Crippen molar-refractivity contribution in [2.75, 3.05) is 20.7 Å². The van der Waals surface area contributed by atoms with E-state index in [1.165, 1.54) is 13.2 Å². The van der Waals surface area contributed by atoms with Crippen LogP contribution in [0.5, 0.6) is 0 Å². The van der Waals surface area contributed by atoms with Gasteiger partial charge in [-0.3, -0.25) is 4.79 Å². The van der Waals surface area contributed by atoms with E-state index in [1.807, 2.05) is 0 Å². The minimum atomic E-state index is -0.405. The molecule has 7 heteroatoms. The van der Waals surface area contributed by atoms with Crippen LogP contribution in [0.1, 0.15) is 21.5 Å². The Morgan fingerprint density at radius 1 is 1.19 bits per heavy atom. The smallest absolute Gasteiger partial charge is 0.337 e. The van der Waals surface area contributed by atoms with Crippen LogP contribution in [-0.2, 0) is 22.6 Å². The SMILES string of the molecule is COC(=O)c1ccc(CNC(=O)C[NH+](C)Cc2c(F)cccc2Cl)cc1. The van der Waals surface area contributed by atoms with Crippen LogP contribution in [0.2, 0.25) is 5.02 Å². The zero-order valence-electron chi connectivity index (χ0n) is 14.6. The highest BCUT2D eigenvalue weighted by molar-refractivity contribution is 6.31. The molecule has 2 aromatic rings. The van der Waals surface area contributed by atoms with Crippen molar-refractivity contribution in [3.05, 3.63) is 70.0 Å². The highest BCUT2D eigenvalue weighted by atomic mass is 35.5. The van der Waals surface area contributed by atoms with E-state index in [9.17, 15) is 14.0 Å². The molecule has 0 bridgehead atoms. The summed E-state index contributed by atoms with van der Waals surface area (Å²) in [5, 5.41) is 3.16. The fourth-order valence-electron chi connectivity index (χ4n) is 2.48. The summed E-state index contributed by atoms with van der Waals surface area (Å²) < 4.78 is 18.4. The van der Waals surface area contributed by atoms with Crippen LogP contribution in [0.15, 0.2) is 42.5 Å². The average Bonchev–Trinajstić information content (AvgIpc) is 2.63. The minimum Gasteiger partial charge on any atom is -0.465 e. The summed E-state index contributed by atoms with van der Waals surface area (Å²) in [7, 11) is 3.12. The maximum Gasteiger partial charge on any atom is 0.337 e. The maximum absolute atomic E-state index is 13.8. The first kappa shape index (κ1) is 19.9. The van der Waals surface area contributed by atoms with Crippen molar-refractivity contribution in [2.24, 2.45) is 0 Å². The van der Waals surface area contributed by atoms with E-state index in [0.717, 1.165) is 10.5 Å². The number of nitrogens with one attached hydrogen (secondary N) is 2. The van der Waals surface area contributed by atoms with E-state index >= 15 is 0 Å². The number of rotatable bonds is 7. The van der Waals surface area contributed by atoms with Gasteiger partial charge in [0, 0.05) is 6.54 Å². The van der Waals surface area contributed by atoms with Crippen molar-refractivity contribution in [1.29, 1.82) is 0 Å². The number of hydrogen-bond acceptors (Lipinski definition) is 3. The van der Waals surface area contributed by atoms with E-state index in [4.69, 9.17) is 11.6 Å². The van der Waals surface area contributed by atoms with Crippen LogP contribution in [0, 0.1) is 5.82 Å². The molecule has 0 radical (unpaired) electrons. The zero-order chi connectivity index (χ0) is 19.1.